The molecule has 5 heteroatoms. The van der Waals surface area contributed by atoms with E-state index in [2.05, 4.69) is 60.4 Å². The van der Waals surface area contributed by atoms with E-state index in [0.29, 0.717) is 12.4 Å². The van der Waals surface area contributed by atoms with Gasteiger partial charge < -0.3 is 14.3 Å². The lowest BCUT2D eigenvalue weighted by Crippen LogP contribution is -2.41. The summed E-state index contributed by atoms with van der Waals surface area (Å²) in [6.07, 6.45) is 19.2. The monoisotopic (exact) mass is 563 g/mol. The summed E-state index contributed by atoms with van der Waals surface area (Å²) in [6, 6.07) is 28.7. The molecule has 0 atom stereocenters. The normalized spacial score (nSPS) is 11.0. The minimum absolute atomic E-state index is 0.446. The van der Waals surface area contributed by atoms with Crippen molar-refractivity contribution in [2.24, 2.45) is 0 Å². The Morgan fingerprint density at radius 2 is 1.19 bits per heavy atom. The number of benzene rings is 4. The van der Waals surface area contributed by atoms with Gasteiger partial charge in [-0.15, -0.1) is 0 Å². The average molecular weight is 564 g/mol. The molecule has 0 spiro atoms. The number of pyridine rings is 1. The van der Waals surface area contributed by atoms with Crippen molar-refractivity contribution in [3.8, 4) is 5.75 Å². The van der Waals surface area contributed by atoms with Crippen LogP contribution in [0.15, 0.2) is 97.3 Å². The molecule has 5 aromatic rings. The van der Waals surface area contributed by atoms with Gasteiger partial charge in [0.1, 0.15) is 5.75 Å². The molecule has 1 N–H and O–H groups in total. The lowest BCUT2D eigenvalue weighted by molar-refractivity contribution is -0.377. The molecule has 220 valence electrons. The summed E-state index contributed by atoms with van der Waals surface area (Å²) in [4.78, 5) is 2.89. The summed E-state index contributed by atoms with van der Waals surface area (Å²) in [5, 5.41) is 19.2. The number of aromatic nitrogens is 1. The van der Waals surface area contributed by atoms with Gasteiger partial charge in [0.05, 0.1) is 0 Å². The van der Waals surface area contributed by atoms with Gasteiger partial charge in [0, 0.05) is 24.1 Å². The Kier molecular flexibility index (Phi) is 13.7. The second-order valence-electron chi connectivity index (χ2n) is 11.1. The van der Waals surface area contributed by atoms with Gasteiger partial charge in [-0.05, 0) is 51.6 Å². The zero-order valence-corrected chi connectivity index (χ0v) is 25.2. The van der Waals surface area contributed by atoms with E-state index >= 15 is 0 Å². The third kappa shape index (κ3) is 10.1. The number of rotatable bonds is 16. The Morgan fingerprint density at radius 1 is 0.595 bits per heavy atom. The van der Waals surface area contributed by atoms with Crippen molar-refractivity contribution in [2.45, 2.75) is 84.0 Å². The van der Waals surface area contributed by atoms with E-state index in [4.69, 9.17) is 9.31 Å². The molecule has 0 bridgehead atoms. The second kappa shape index (κ2) is 18.2. The number of hydrogen-bond acceptors (Lipinski definition) is 3. The molecule has 4 nitrogen and oxygen atoms in total. The molecule has 0 radical (unpaired) electrons. The molecule has 0 fully saturated rings. The van der Waals surface area contributed by atoms with Crippen LogP contribution in [0.5, 0.6) is 5.75 Å². The molecule has 0 amide bonds. The average Bonchev–Trinajstić information content (AvgIpc) is 3.03. The predicted molar refractivity (Wildman–Crippen MR) is 175 cm³/mol. The van der Waals surface area contributed by atoms with E-state index in [0.717, 1.165) is 34.4 Å². The molecule has 0 aliphatic heterocycles. The topological polar surface area (TPSA) is 55.7 Å². The molecular weight excluding hydrogens is 517 g/mol. The highest BCUT2D eigenvalue weighted by atomic mass is 16.7. The Labute approximate surface area is 252 Å². The third-order valence-corrected chi connectivity index (χ3v) is 7.77. The SMILES string of the molecule is CCCCCCCCCCCCCCOB([O-])Oc1cccc2ccc3cc4ccccc4cc3c12.c1cc[nH+]cc1. The summed E-state index contributed by atoms with van der Waals surface area (Å²) in [7, 11) is -1.51. The van der Waals surface area contributed by atoms with Crippen molar-refractivity contribution in [3.05, 3.63) is 97.3 Å². The fraction of sp³-hybridized carbons (Fsp3) is 0.378. The lowest BCUT2D eigenvalue weighted by Gasteiger charge is -2.22. The molecule has 0 aliphatic carbocycles. The summed E-state index contributed by atoms with van der Waals surface area (Å²) >= 11 is 0. The highest BCUT2D eigenvalue weighted by Gasteiger charge is 2.11. The Bertz CT molecular complexity index is 1430. The van der Waals surface area contributed by atoms with Crippen LogP contribution in [0.25, 0.3) is 32.3 Å². The Balaban J connectivity index is 0.000000600. The van der Waals surface area contributed by atoms with Crippen LogP contribution in [0.2, 0.25) is 0 Å². The minimum Gasteiger partial charge on any atom is -0.820 e. The van der Waals surface area contributed by atoms with Crippen LogP contribution < -0.4 is 14.7 Å². The maximum atomic E-state index is 12.5. The van der Waals surface area contributed by atoms with Gasteiger partial charge in [0.2, 0.25) is 0 Å². The van der Waals surface area contributed by atoms with Crippen LogP contribution in [0.1, 0.15) is 84.0 Å². The van der Waals surface area contributed by atoms with Crippen LogP contribution in [0.3, 0.4) is 0 Å². The summed E-state index contributed by atoms with van der Waals surface area (Å²) in [5.41, 5.74) is 0. The van der Waals surface area contributed by atoms with E-state index in [1.807, 2.05) is 48.8 Å². The minimum atomic E-state index is -1.51. The molecule has 5 rings (SSSR count). The van der Waals surface area contributed by atoms with Gasteiger partial charge in [0.25, 0.3) is 0 Å². The van der Waals surface area contributed by atoms with Gasteiger partial charge in [-0.2, -0.15) is 0 Å². The van der Waals surface area contributed by atoms with Crippen LogP contribution in [-0.4, -0.2) is 13.9 Å². The number of fused-ring (bicyclic) bond motifs is 4. The smallest absolute Gasteiger partial charge is 0.418 e. The first kappa shape index (κ1) is 31.5. The fourth-order valence-electron chi connectivity index (χ4n) is 5.47. The van der Waals surface area contributed by atoms with Crippen LogP contribution >= 0.6 is 0 Å². The van der Waals surface area contributed by atoms with Gasteiger partial charge in [-0.1, -0.05) is 132 Å². The summed E-state index contributed by atoms with van der Waals surface area (Å²) in [6.45, 7) is 2.71. The molecule has 0 aliphatic rings. The molecule has 0 saturated heterocycles. The molecule has 1 aromatic heterocycles. The van der Waals surface area contributed by atoms with Gasteiger partial charge in [-0.3, -0.25) is 0 Å². The highest BCUT2D eigenvalue weighted by molar-refractivity contribution is 6.34. The number of aromatic amines is 1. The molecule has 0 saturated carbocycles. The van der Waals surface area contributed by atoms with E-state index in [-0.39, 0.29) is 0 Å². The van der Waals surface area contributed by atoms with E-state index < -0.39 is 7.32 Å². The molecule has 4 aromatic carbocycles. The Hall–Kier alpha value is -3.41. The number of nitrogens with one attached hydrogen (secondary N) is 1. The van der Waals surface area contributed by atoms with Gasteiger partial charge in [0.15, 0.2) is 12.4 Å². The van der Waals surface area contributed by atoms with Gasteiger partial charge in [-0.25, -0.2) is 4.98 Å². The number of unbranched alkanes of at least 4 members (excludes halogenated alkanes) is 11. The van der Waals surface area contributed by atoms with Crippen molar-refractivity contribution < 1.29 is 19.3 Å². The number of hydrogen-bond donors (Lipinski definition) is 0. The van der Waals surface area contributed by atoms with Crippen molar-refractivity contribution in [2.75, 3.05) is 6.61 Å². The summed E-state index contributed by atoms with van der Waals surface area (Å²) < 4.78 is 11.3. The van der Waals surface area contributed by atoms with E-state index in [1.165, 1.54) is 75.0 Å². The maximum Gasteiger partial charge on any atom is 0.418 e. The maximum absolute atomic E-state index is 12.5. The Morgan fingerprint density at radius 3 is 1.81 bits per heavy atom. The van der Waals surface area contributed by atoms with Gasteiger partial charge >= 0.3 is 7.32 Å². The fourth-order valence-corrected chi connectivity index (χ4v) is 5.47. The van der Waals surface area contributed by atoms with Crippen molar-refractivity contribution >= 4 is 39.6 Å². The van der Waals surface area contributed by atoms with Crippen molar-refractivity contribution in [1.82, 2.24) is 0 Å². The largest absolute Gasteiger partial charge is 0.820 e. The standard InChI is InChI=1S/C32H40BO3.C5H5N/c1-2-3-4-5-6-7-8-9-10-11-12-15-23-35-33(34)36-31-20-16-19-26-21-22-29-24-27-17-13-14-18-28(27)25-30(29)32(26)31;1-2-4-6-5-3-1/h13-14,16-22,24-25H,2-12,15,23H2,1H3;1-5H/q-1;/p+1. The van der Waals surface area contributed by atoms with Crippen molar-refractivity contribution in [3.63, 3.8) is 0 Å². The van der Waals surface area contributed by atoms with E-state index in [1.54, 1.807) is 0 Å². The molecule has 42 heavy (non-hydrogen) atoms. The quantitative estimate of drug-likeness (QED) is 0.0521. The van der Waals surface area contributed by atoms with Crippen LogP contribution in [0, 0.1) is 0 Å². The third-order valence-electron chi connectivity index (χ3n) is 7.77. The first-order valence-electron chi connectivity index (χ1n) is 16.0. The predicted octanol–water partition coefficient (Wildman–Crippen LogP) is 9.09. The zero-order valence-electron chi connectivity index (χ0n) is 25.2. The van der Waals surface area contributed by atoms with Crippen molar-refractivity contribution in [1.29, 1.82) is 0 Å². The summed E-state index contributed by atoms with van der Waals surface area (Å²) in [5.74, 6) is 0.586. The van der Waals surface area contributed by atoms with E-state index in [9.17, 15) is 5.02 Å². The first-order valence-corrected chi connectivity index (χ1v) is 16.0. The molecular formula is C37H46BNO3. The highest BCUT2D eigenvalue weighted by Crippen LogP contribution is 2.35. The van der Waals surface area contributed by atoms with Crippen LogP contribution in [-0.2, 0) is 4.65 Å². The number of H-pyrrole nitrogens is 1. The molecule has 1 heterocycles. The zero-order chi connectivity index (χ0) is 29.2. The first-order chi connectivity index (χ1) is 20.8. The second-order valence-corrected chi connectivity index (χ2v) is 11.1. The lowest BCUT2D eigenvalue weighted by atomic mass is 9.97. The molecule has 0 unspecified atom stereocenters. The van der Waals surface area contributed by atoms with Crippen LogP contribution in [0.4, 0.5) is 0 Å².